The zero-order valence-electron chi connectivity index (χ0n) is 12.8. The summed E-state index contributed by atoms with van der Waals surface area (Å²) >= 11 is 0. The average molecular weight is 292 g/mol. The maximum absolute atomic E-state index is 11.8. The van der Waals surface area contributed by atoms with Crippen molar-refractivity contribution in [1.29, 1.82) is 0 Å². The first-order chi connectivity index (χ1) is 10.1. The molecule has 1 aromatic carbocycles. The third kappa shape index (κ3) is 4.81. The number of rotatable bonds is 8. The first-order valence-electron chi connectivity index (χ1n) is 7.39. The van der Waals surface area contributed by atoms with Gasteiger partial charge in [-0.3, -0.25) is 4.79 Å². The van der Waals surface area contributed by atoms with Crippen molar-refractivity contribution in [3.05, 3.63) is 35.4 Å². The first kappa shape index (κ1) is 15.9. The number of hydrogen-bond donors (Lipinski definition) is 2. The molecular weight excluding hydrogens is 268 g/mol. The zero-order chi connectivity index (χ0) is 15.1. The summed E-state index contributed by atoms with van der Waals surface area (Å²) in [7, 11) is 0. The van der Waals surface area contributed by atoms with Crippen LogP contribution in [0.1, 0.15) is 25.0 Å². The number of ether oxygens (including phenoxy) is 2. The van der Waals surface area contributed by atoms with E-state index < -0.39 is 0 Å². The van der Waals surface area contributed by atoms with Gasteiger partial charge in [-0.2, -0.15) is 0 Å². The monoisotopic (exact) mass is 292 g/mol. The second kappa shape index (κ2) is 7.54. The lowest BCUT2D eigenvalue weighted by Gasteiger charge is -2.38. The molecule has 5 nitrogen and oxygen atoms in total. The second-order valence-corrected chi connectivity index (χ2v) is 5.52. The third-order valence-electron chi connectivity index (χ3n) is 3.61. The van der Waals surface area contributed by atoms with Crippen LogP contribution in [-0.2, 0) is 27.4 Å². The standard InChI is InChI=1S/C16H24N2O3/c1-3-20-9-14-7-5-4-6-13(14)8-18-15(19)10-21-16(2)11-17-12-16/h4-7,17H,3,8-12H2,1-2H3,(H,18,19). The fourth-order valence-electron chi connectivity index (χ4n) is 2.15. The van der Waals surface area contributed by atoms with Crippen LogP contribution in [0.5, 0.6) is 0 Å². The Labute approximate surface area is 126 Å². The van der Waals surface area contributed by atoms with E-state index >= 15 is 0 Å². The zero-order valence-corrected chi connectivity index (χ0v) is 12.8. The van der Waals surface area contributed by atoms with Crippen molar-refractivity contribution in [2.45, 2.75) is 32.6 Å². The molecule has 0 radical (unpaired) electrons. The van der Waals surface area contributed by atoms with E-state index in [4.69, 9.17) is 9.47 Å². The highest BCUT2D eigenvalue weighted by Crippen LogP contribution is 2.14. The van der Waals surface area contributed by atoms with Gasteiger partial charge in [0.15, 0.2) is 0 Å². The number of hydrogen-bond acceptors (Lipinski definition) is 4. The van der Waals surface area contributed by atoms with Crippen LogP contribution in [0.4, 0.5) is 0 Å². The van der Waals surface area contributed by atoms with Crippen molar-refractivity contribution in [2.75, 3.05) is 26.3 Å². The molecule has 1 saturated heterocycles. The summed E-state index contributed by atoms with van der Waals surface area (Å²) in [5.74, 6) is -0.0886. The minimum Gasteiger partial charge on any atom is -0.377 e. The first-order valence-corrected chi connectivity index (χ1v) is 7.39. The highest BCUT2D eigenvalue weighted by atomic mass is 16.5. The van der Waals surface area contributed by atoms with Crippen molar-refractivity contribution in [2.24, 2.45) is 0 Å². The molecule has 0 unspecified atom stereocenters. The van der Waals surface area contributed by atoms with Gasteiger partial charge in [0.1, 0.15) is 6.61 Å². The molecule has 0 saturated carbocycles. The summed E-state index contributed by atoms with van der Waals surface area (Å²) in [6, 6.07) is 7.98. The number of amides is 1. The van der Waals surface area contributed by atoms with Gasteiger partial charge in [0.05, 0.1) is 12.2 Å². The average Bonchev–Trinajstić information content (AvgIpc) is 2.47. The van der Waals surface area contributed by atoms with Crippen LogP contribution >= 0.6 is 0 Å². The van der Waals surface area contributed by atoms with E-state index in [1.165, 1.54) is 0 Å². The molecule has 0 spiro atoms. The van der Waals surface area contributed by atoms with Gasteiger partial charge in [0.25, 0.3) is 0 Å². The van der Waals surface area contributed by atoms with Crippen LogP contribution in [0.15, 0.2) is 24.3 Å². The minimum atomic E-state index is -0.190. The van der Waals surface area contributed by atoms with E-state index in [1.807, 2.05) is 38.1 Å². The summed E-state index contributed by atoms with van der Waals surface area (Å²) in [6.07, 6.45) is 0. The van der Waals surface area contributed by atoms with Gasteiger partial charge in [-0.25, -0.2) is 0 Å². The molecule has 21 heavy (non-hydrogen) atoms. The SMILES string of the molecule is CCOCc1ccccc1CNC(=O)COC1(C)CNC1. The molecule has 0 bridgehead atoms. The summed E-state index contributed by atoms with van der Waals surface area (Å²) in [4.78, 5) is 11.8. The molecular formula is C16H24N2O3. The van der Waals surface area contributed by atoms with E-state index in [-0.39, 0.29) is 18.1 Å². The van der Waals surface area contributed by atoms with Crippen molar-refractivity contribution in [3.63, 3.8) is 0 Å². The van der Waals surface area contributed by atoms with E-state index in [2.05, 4.69) is 10.6 Å². The molecule has 1 aliphatic rings. The van der Waals surface area contributed by atoms with Gasteiger partial charge in [0.2, 0.25) is 5.91 Å². The maximum atomic E-state index is 11.8. The quantitative estimate of drug-likeness (QED) is 0.756. The van der Waals surface area contributed by atoms with Crippen molar-refractivity contribution < 1.29 is 14.3 Å². The molecule has 0 aliphatic carbocycles. The molecule has 1 heterocycles. The number of nitrogens with one attached hydrogen (secondary N) is 2. The van der Waals surface area contributed by atoms with Crippen molar-refractivity contribution >= 4 is 5.91 Å². The van der Waals surface area contributed by atoms with Gasteiger partial charge < -0.3 is 20.1 Å². The Morgan fingerprint density at radius 3 is 2.67 bits per heavy atom. The predicted octanol–water partition coefficient (Wildman–Crippen LogP) is 1.22. The highest BCUT2D eigenvalue weighted by molar-refractivity contribution is 5.77. The molecule has 1 fully saturated rings. The van der Waals surface area contributed by atoms with Crippen molar-refractivity contribution in [1.82, 2.24) is 10.6 Å². The largest absolute Gasteiger partial charge is 0.377 e. The van der Waals surface area contributed by atoms with Gasteiger partial charge in [-0.15, -0.1) is 0 Å². The van der Waals surface area contributed by atoms with Crippen LogP contribution in [0, 0.1) is 0 Å². The Balaban J connectivity index is 1.77. The van der Waals surface area contributed by atoms with E-state index in [1.54, 1.807) is 0 Å². The molecule has 1 aromatic rings. The van der Waals surface area contributed by atoms with Gasteiger partial charge in [-0.05, 0) is 25.0 Å². The molecule has 0 aromatic heterocycles. The summed E-state index contributed by atoms with van der Waals surface area (Å²) in [5.41, 5.74) is 2.00. The Hall–Kier alpha value is -1.43. The third-order valence-corrected chi connectivity index (χ3v) is 3.61. The molecule has 1 amide bonds. The number of carbonyl (C=O) groups is 1. The van der Waals surface area contributed by atoms with Crippen LogP contribution in [0.3, 0.4) is 0 Å². The molecule has 116 valence electrons. The fourth-order valence-corrected chi connectivity index (χ4v) is 2.15. The Bertz CT molecular complexity index is 472. The van der Waals surface area contributed by atoms with Crippen LogP contribution in [-0.4, -0.2) is 37.8 Å². The number of benzene rings is 1. The lowest BCUT2D eigenvalue weighted by atomic mass is 10.0. The Morgan fingerprint density at radius 1 is 1.33 bits per heavy atom. The number of carbonyl (C=O) groups excluding carboxylic acids is 1. The molecule has 0 atom stereocenters. The maximum Gasteiger partial charge on any atom is 0.246 e. The second-order valence-electron chi connectivity index (χ2n) is 5.52. The van der Waals surface area contributed by atoms with E-state index in [9.17, 15) is 4.79 Å². The van der Waals surface area contributed by atoms with Gasteiger partial charge in [0, 0.05) is 26.2 Å². The van der Waals surface area contributed by atoms with Crippen LogP contribution in [0.2, 0.25) is 0 Å². The molecule has 5 heteroatoms. The smallest absolute Gasteiger partial charge is 0.246 e. The lowest BCUT2D eigenvalue weighted by molar-refractivity contribution is -0.136. The molecule has 1 aliphatic heterocycles. The predicted molar refractivity (Wildman–Crippen MR) is 80.8 cm³/mol. The van der Waals surface area contributed by atoms with E-state index in [0.29, 0.717) is 19.8 Å². The molecule has 2 N–H and O–H groups in total. The highest BCUT2D eigenvalue weighted by Gasteiger charge is 2.32. The lowest BCUT2D eigenvalue weighted by Crippen LogP contribution is -2.59. The van der Waals surface area contributed by atoms with Crippen LogP contribution < -0.4 is 10.6 Å². The molecule has 2 rings (SSSR count). The fraction of sp³-hybridized carbons (Fsp3) is 0.562. The summed E-state index contributed by atoms with van der Waals surface area (Å²) in [6.45, 7) is 7.44. The van der Waals surface area contributed by atoms with Crippen LogP contribution in [0.25, 0.3) is 0 Å². The normalized spacial score (nSPS) is 16.3. The van der Waals surface area contributed by atoms with E-state index in [0.717, 1.165) is 24.2 Å². The Kier molecular flexibility index (Phi) is 5.73. The Morgan fingerprint density at radius 2 is 2.05 bits per heavy atom. The van der Waals surface area contributed by atoms with Crippen molar-refractivity contribution in [3.8, 4) is 0 Å². The van der Waals surface area contributed by atoms with Gasteiger partial charge >= 0.3 is 0 Å². The van der Waals surface area contributed by atoms with Gasteiger partial charge in [-0.1, -0.05) is 24.3 Å². The summed E-state index contributed by atoms with van der Waals surface area (Å²) < 4.78 is 11.0. The topological polar surface area (TPSA) is 59.6 Å². The minimum absolute atomic E-state index is 0.0886. The summed E-state index contributed by atoms with van der Waals surface area (Å²) in [5, 5.41) is 6.04.